The Morgan fingerprint density at radius 1 is 1.08 bits per heavy atom. The van der Waals surface area contributed by atoms with E-state index in [0.29, 0.717) is 23.6 Å². The molecule has 1 fully saturated rings. The highest BCUT2D eigenvalue weighted by atomic mass is 32.2. The van der Waals surface area contributed by atoms with Gasteiger partial charge in [-0.1, -0.05) is 12.1 Å². The Morgan fingerprint density at radius 2 is 1.81 bits per heavy atom. The minimum Gasteiger partial charge on any atom is -0.497 e. The van der Waals surface area contributed by atoms with Crippen LogP contribution in [0.4, 0.5) is 0 Å². The molecule has 1 unspecified atom stereocenters. The fourth-order valence-corrected chi connectivity index (χ4v) is 5.25. The molecule has 2 aromatic carbocycles. The van der Waals surface area contributed by atoms with Crippen molar-refractivity contribution in [1.29, 1.82) is 0 Å². The normalized spacial score (nSPS) is 18.0. The Labute approximate surface area is 155 Å². The van der Waals surface area contributed by atoms with Crippen molar-refractivity contribution in [2.45, 2.75) is 37.1 Å². The van der Waals surface area contributed by atoms with Crippen LogP contribution in [-0.4, -0.2) is 39.5 Å². The first kappa shape index (κ1) is 18.7. The van der Waals surface area contributed by atoms with Gasteiger partial charge in [0.15, 0.2) is 0 Å². The van der Waals surface area contributed by atoms with Gasteiger partial charge in [-0.15, -0.1) is 0 Å². The molecule has 26 heavy (non-hydrogen) atoms. The second-order valence-corrected chi connectivity index (χ2v) is 8.49. The first-order valence-electron chi connectivity index (χ1n) is 8.75. The molecule has 6 heteroatoms. The molecular formula is C20H25NO4S. The molecule has 5 nitrogen and oxygen atoms in total. The molecule has 2 aromatic rings. The zero-order chi connectivity index (χ0) is 18.7. The van der Waals surface area contributed by atoms with Crippen molar-refractivity contribution in [3.63, 3.8) is 0 Å². The van der Waals surface area contributed by atoms with Crippen molar-refractivity contribution in [2.75, 3.05) is 20.8 Å². The van der Waals surface area contributed by atoms with Gasteiger partial charge in [-0.05, 0) is 67.6 Å². The van der Waals surface area contributed by atoms with E-state index in [2.05, 4.69) is 6.07 Å². The van der Waals surface area contributed by atoms with E-state index in [4.69, 9.17) is 9.47 Å². The maximum Gasteiger partial charge on any atom is 0.243 e. The first-order valence-corrected chi connectivity index (χ1v) is 10.2. The molecule has 1 aliphatic rings. The topological polar surface area (TPSA) is 55.8 Å². The second kappa shape index (κ2) is 7.68. The Hall–Kier alpha value is -2.05. The predicted octanol–water partition coefficient (Wildman–Crippen LogP) is 3.41. The molecule has 0 radical (unpaired) electrons. The number of hydrogen-bond acceptors (Lipinski definition) is 4. The van der Waals surface area contributed by atoms with Gasteiger partial charge in [0.05, 0.1) is 19.1 Å². The molecular weight excluding hydrogens is 350 g/mol. The maximum atomic E-state index is 13.1. The van der Waals surface area contributed by atoms with Crippen molar-refractivity contribution < 1.29 is 17.9 Å². The van der Waals surface area contributed by atoms with Crippen LogP contribution < -0.4 is 9.47 Å². The molecule has 0 N–H and O–H groups in total. The summed E-state index contributed by atoms with van der Waals surface area (Å²) >= 11 is 0. The van der Waals surface area contributed by atoms with Crippen molar-refractivity contribution in [3.05, 3.63) is 53.6 Å². The van der Waals surface area contributed by atoms with Crippen molar-refractivity contribution in [3.8, 4) is 11.5 Å². The highest BCUT2D eigenvalue weighted by Crippen LogP contribution is 2.30. The summed E-state index contributed by atoms with van der Waals surface area (Å²) in [5, 5.41) is 0. The van der Waals surface area contributed by atoms with E-state index in [0.717, 1.165) is 29.7 Å². The number of aryl methyl sites for hydroxylation is 1. The number of nitrogens with zero attached hydrogens (tertiary/aromatic N) is 1. The van der Waals surface area contributed by atoms with Crippen LogP contribution in [0.3, 0.4) is 0 Å². The third-order valence-electron chi connectivity index (χ3n) is 4.92. The largest absolute Gasteiger partial charge is 0.497 e. The van der Waals surface area contributed by atoms with Crippen molar-refractivity contribution >= 4 is 10.0 Å². The Kier molecular flexibility index (Phi) is 5.53. The van der Waals surface area contributed by atoms with E-state index in [9.17, 15) is 8.42 Å². The lowest BCUT2D eigenvalue weighted by Gasteiger charge is -2.24. The first-order chi connectivity index (χ1) is 12.5. The zero-order valence-corrected chi connectivity index (χ0v) is 16.3. The quantitative estimate of drug-likeness (QED) is 0.776. The maximum absolute atomic E-state index is 13.1. The van der Waals surface area contributed by atoms with Crippen LogP contribution >= 0.6 is 0 Å². The smallest absolute Gasteiger partial charge is 0.243 e. The summed E-state index contributed by atoms with van der Waals surface area (Å²) in [6.07, 6.45) is 2.47. The molecule has 3 rings (SSSR count). The number of sulfonamides is 1. The lowest BCUT2D eigenvalue weighted by atomic mass is 10.0. The molecule has 0 bridgehead atoms. The van der Waals surface area contributed by atoms with Gasteiger partial charge in [-0.3, -0.25) is 0 Å². The predicted molar refractivity (Wildman–Crippen MR) is 101 cm³/mol. The summed E-state index contributed by atoms with van der Waals surface area (Å²) in [7, 11) is -0.282. The SMILES string of the molecule is COc1ccc(S(=O)(=O)N2CCCC2Cc2ccc(OC)c(C)c2)cc1. The molecule has 0 amide bonds. The molecule has 1 aliphatic heterocycles. The Balaban J connectivity index is 1.81. The van der Waals surface area contributed by atoms with E-state index in [1.807, 2.05) is 19.1 Å². The van der Waals surface area contributed by atoms with Crippen molar-refractivity contribution in [1.82, 2.24) is 4.31 Å². The van der Waals surface area contributed by atoms with Crippen LogP contribution in [0, 0.1) is 6.92 Å². The van der Waals surface area contributed by atoms with Crippen LogP contribution in [0.25, 0.3) is 0 Å². The molecule has 0 saturated carbocycles. The molecule has 140 valence electrons. The number of ether oxygens (including phenoxy) is 2. The van der Waals surface area contributed by atoms with E-state index in [1.54, 1.807) is 42.8 Å². The number of benzene rings is 2. The van der Waals surface area contributed by atoms with E-state index in [-0.39, 0.29) is 6.04 Å². The van der Waals surface area contributed by atoms with Gasteiger partial charge in [0.25, 0.3) is 0 Å². The zero-order valence-electron chi connectivity index (χ0n) is 15.4. The summed E-state index contributed by atoms with van der Waals surface area (Å²) < 4.78 is 38.2. The average Bonchev–Trinajstić information content (AvgIpc) is 3.11. The second-order valence-electron chi connectivity index (χ2n) is 6.60. The number of methoxy groups -OCH3 is 2. The summed E-state index contributed by atoms with van der Waals surface area (Å²) in [4.78, 5) is 0.316. The summed E-state index contributed by atoms with van der Waals surface area (Å²) in [5.41, 5.74) is 2.19. The molecule has 1 heterocycles. The molecule has 0 aliphatic carbocycles. The van der Waals surface area contributed by atoms with E-state index in [1.165, 1.54) is 0 Å². The lowest BCUT2D eigenvalue weighted by Crippen LogP contribution is -2.36. The van der Waals surface area contributed by atoms with Gasteiger partial charge in [0, 0.05) is 12.6 Å². The van der Waals surface area contributed by atoms with Gasteiger partial charge >= 0.3 is 0 Å². The minimum atomic E-state index is -3.50. The van der Waals surface area contributed by atoms with Gasteiger partial charge in [0.2, 0.25) is 10.0 Å². The standard InChI is InChI=1S/C20H25NO4S/c1-15-13-16(6-11-20(15)25-3)14-17-5-4-12-21(17)26(22,23)19-9-7-18(24-2)8-10-19/h6-11,13,17H,4-5,12,14H2,1-3H3. The van der Waals surface area contributed by atoms with Crippen LogP contribution in [0.5, 0.6) is 11.5 Å². The van der Waals surface area contributed by atoms with Gasteiger partial charge < -0.3 is 9.47 Å². The minimum absolute atomic E-state index is 0.0186. The molecule has 0 aromatic heterocycles. The van der Waals surface area contributed by atoms with Gasteiger partial charge in [-0.25, -0.2) is 8.42 Å². The molecule has 0 spiro atoms. The van der Waals surface area contributed by atoms with E-state index < -0.39 is 10.0 Å². The fourth-order valence-electron chi connectivity index (χ4n) is 3.55. The van der Waals surface area contributed by atoms with E-state index >= 15 is 0 Å². The number of hydrogen-bond donors (Lipinski definition) is 0. The molecule has 1 atom stereocenters. The third kappa shape index (κ3) is 3.71. The Bertz CT molecular complexity index is 862. The highest BCUT2D eigenvalue weighted by molar-refractivity contribution is 7.89. The summed E-state index contributed by atoms with van der Waals surface area (Å²) in [5.74, 6) is 1.50. The summed E-state index contributed by atoms with van der Waals surface area (Å²) in [6, 6.07) is 12.6. The Morgan fingerprint density at radius 3 is 2.42 bits per heavy atom. The van der Waals surface area contributed by atoms with Crippen molar-refractivity contribution in [2.24, 2.45) is 0 Å². The van der Waals surface area contributed by atoms with Crippen LogP contribution in [0.15, 0.2) is 47.4 Å². The van der Waals surface area contributed by atoms with Gasteiger partial charge in [0.1, 0.15) is 11.5 Å². The molecule has 1 saturated heterocycles. The van der Waals surface area contributed by atoms with Crippen LogP contribution in [0.2, 0.25) is 0 Å². The number of rotatable bonds is 6. The highest BCUT2D eigenvalue weighted by Gasteiger charge is 2.35. The third-order valence-corrected chi connectivity index (χ3v) is 6.89. The fraction of sp³-hybridized carbons (Fsp3) is 0.400. The average molecular weight is 375 g/mol. The summed E-state index contributed by atoms with van der Waals surface area (Å²) in [6.45, 7) is 2.57. The van der Waals surface area contributed by atoms with Crippen LogP contribution in [0.1, 0.15) is 24.0 Å². The van der Waals surface area contributed by atoms with Crippen LogP contribution in [-0.2, 0) is 16.4 Å². The van der Waals surface area contributed by atoms with Gasteiger partial charge in [-0.2, -0.15) is 4.31 Å². The lowest BCUT2D eigenvalue weighted by molar-refractivity contribution is 0.384. The monoisotopic (exact) mass is 375 g/mol.